The van der Waals surface area contributed by atoms with Gasteiger partial charge in [-0.3, -0.25) is 4.79 Å². The number of rotatable bonds is 7. The first-order valence-electron chi connectivity index (χ1n) is 5.34. The Hall–Kier alpha value is -1.22. The Bertz CT molecular complexity index is 314. The molecule has 96 valence electrons. The second kappa shape index (κ2) is 7.96. The maximum absolute atomic E-state index is 11.6. The van der Waals surface area contributed by atoms with Gasteiger partial charge in [-0.25, -0.2) is 4.79 Å². The van der Waals surface area contributed by atoms with Crippen molar-refractivity contribution in [1.29, 1.82) is 5.26 Å². The Labute approximate surface area is 106 Å². The largest absolute Gasteiger partial charge is 0.467 e. The molecule has 5 nitrogen and oxygen atoms in total. The number of carbonyl (C=O) groups is 2. The molecule has 0 fully saturated rings. The molecule has 0 radical (unpaired) electrons. The summed E-state index contributed by atoms with van der Waals surface area (Å²) in [6.45, 7) is 3.58. The van der Waals surface area contributed by atoms with E-state index in [1.54, 1.807) is 6.92 Å². The number of hydrogen-bond acceptors (Lipinski definition) is 5. The highest BCUT2D eigenvalue weighted by Gasteiger charge is 2.34. The van der Waals surface area contributed by atoms with Crippen molar-refractivity contribution in [3.8, 4) is 6.07 Å². The molecule has 1 unspecified atom stereocenters. The number of nitrogens with one attached hydrogen (secondary N) is 1. The van der Waals surface area contributed by atoms with Crippen molar-refractivity contribution in [3.63, 3.8) is 0 Å². The van der Waals surface area contributed by atoms with Crippen molar-refractivity contribution in [3.05, 3.63) is 0 Å². The number of hydrogen-bond donors (Lipinski definition) is 1. The summed E-state index contributed by atoms with van der Waals surface area (Å²) in [5, 5.41) is 11.0. The zero-order valence-corrected chi connectivity index (χ0v) is 11.2. The van der Waals surface area contributed by atoms with Gasteiger partial charge >= 0.3 is 5.97 Å². The van der Waals surface area contributed by atoms with Gasteiger partial charge < -0.3 is 10.1 Å². The minimum atomic E-state index is -0.978. The van der Waals surface area contributed by atoms with Crippen LogP contribution in [0.25, 0.3) is 0 Å². The molecular weight excluding hydrogens is 240 g/mol. The number of amides is 1. The van der Waals surface area contributed by atoms with Gasteiger partial charge in [0.2, 0.25) is 5.91 Å². The van der Waals surface area contributed by atoms with E-state index in [1.807, 2.05) is 13.0 Å². The third kappa shape index (κ3) is 5.59. The van der Waals surface area contributed by atoms with Crippen LogP contribution in [0.5, 0.6) is 0 Å². The van der Waals surface area contributed by atoms with Crippen LogP contribution in [0, 0.1) is 11.3 Å². The maximum atomic E-state index is 11.6. The molecule has 0 aromatic carbocycles. The Kier molecular flexibility index (Phi) is 7.39. The number of esters is 1. The molecule has 0 aromatic rings. The summed E-state index contributed by atoms with van der Waals surface area (Å²) in [4.78, 5) is 23.2. The fourth-order valence-electron chi connectivity index (χ4n) is 1.47. The summed E-state index contributed by atoms with van der Waals surface area (Å²) < 4.78 is 4.68. The van der Waals surface area contributed by atoms with E-state index in [9.17, 15) is 9.59 Å². The maximum Gasteiger partial charge on any atom is 0.331 e. The van der Waals surface area contributed by atoms with E-state index in [1.165, 1.54) is 18.9 Å². The van der Waals surface area contributed by atoms with E-state index < -0.39 is 11.5 Å². The van der Waals surface area contributed by atoms with Crippen molar-refractivity contribution in [2.45, 2.75) is 32.2 Å². The van der Waals surface area contributed by atoms with Crippen LogP contribution in [0.15, 0.2) is 0 Å². The van der Waals surface area contributed by atoms with Crippen molar-refractivity contribution < 1.29 is 14.3 Å². The lowest BCUT2D eigenvalue weighted by Crippen LogP contribution is -2.53. The molecule has 0 aliphatic heterocycles. The van der Waals surface area contributed by atoms with Crippen LogP contribution in [0.1, 0.15) is 26.7 Å². The van der Waals surface area contributed by atoms with Crippen molar-refractivity contribution in [2.24, 2.45) is 0 Å². The van der Waals surface area contributed by atoms with E-state index >= 15 is 0 Å². The van der Waals surface area contributed by atoms with Crippen LogP contribution in [0.2, 0.25) is 0 Å². The molecule has 17 heavy (non-hydrogen) atoms. The van der Waals surface area contributed by atoms with Crippen LogP contribution >= 0.6 is 11.8 Å². The van der Waals surface area contributed by atoms with Crippen LogP contribution in [-0.4, -0.2) is 36.0 Å². The fraction of sp³-hybridized carbons (Fsp3) is 0.727. The van der Waals surface area contributed by atoms with Crippen molar-refractivity contribution in [2.75, 3.05) is 18.6 Å². The van der Waals surface area contributed by atoms with Crippen molar-refractivity contribution in [1.82, 2.24) is 5.32 Å². The molecule has 0 aliphatic rings. The van der Waals surface area contributed by atoms with Gasteiger partial charge in [0, 0.05) is 0 Å². The highest BCUT2D eigenvalue weighted by Crippen LogP contribution is 2.14. The van der Waals surface area contributed by atoms with Gasteiger partial charge in [-0.2, -0.15) is 5.26 Å². The van der Waals surface area contributed by atoms with Crippen LogP contribution in [0.4, 0.5) is 0 Å². The first-order chi connectivity index (χ1) is 8.00. The second-order valence-electron chi connectivity index (χ2n) is 3.77. The molecule has 0 spiro atoms. The first kappa shape index (κ1) is 15.8. The minimum Gasteiger partial charge on any atom is -0.467 e. The monoisotopic (exact) mass is 258 g/mol. The molecule has 0 aromatic heterocycles. The first-order valence-corrected chi connectivity index (χ1v) is 6.49. The molecule has 0 rings (SSSR count). The average molecular weight is 258 g/mol. The molecule has 1 N–H and O–H groups in total. The Morgan fingerprint density at radius 1 is 1.53 bits per heavy atom. The average Bonchev–Trinajstić information content (AvgIpc) is 2.28. The number of nitriles is 1. The van der Waals surface area contributed by atoms with Gasteiger partial charge in [-0.15, -0.1) is 11.8 Å². The number of thioether (sulfide) groups is 1. The van der Waals surface area contributed by atoms with E-state index in [-0.39, 0.29) is 17.4 Å². The summed E-state index contributed by atoms with van der Waals surface area (Å²) in [5.41, 5.74) is -0.978. The summed E-state index contributed by atoms with van der Waals surface area (Å²) in [5.74, 6) is -0.274. The zero-order chi connectivity index (χ0) is 13.3. The summed E-state index contributed by atoms with van der Waals surface area (Å²) in [7, 11) is 1.30. The van der Waals surface area contributed by atoms with E-state index in [0.29, 0.717) is 6.42 Å². The number of nitrogens with zero attached hydrogens (tertiary/aromatic N) is 1. The highest BCUT2D eigenvalue weighted by molar-refractivity contribution is 8.00. The van der Waals surface area contributed by atoms with E-state index in [4.69, 9.17) is 5.26 Å². The highest BCUT2D eigenvalue weighted by atomic mass is 32.2. The predicted octanol–water partition coefficient (Wildman–Crippen LogP) is 1.09. The van der Waals surface area contributed by atoms with Gasteiger partial charge in [0.05, 0.1) is 24.7 Å². The standard InChI is InChI=1S/C11H18N2O3S/c1-4-5-11(2,10(15)16-3)13-9(14)8-17-7-6-12/h4-5,7-8H2,1-3H3,(H,13,14). The predicted molar refractivity (Wildman–Crippen MR) is 66.4 cm³/mol. The molecule has 0 saturated heterocycles. The molecule has 1 amide bonds. The van der Waals surface area contributed by atoms with Gasteiger partial charge in [0.1, 0.15) is 5.54 Å². The lowest BCUT2D eigenvalue weighted by atomic mass is 9.96. The molecule has 6 heteroatoms. The zero-order valence-electron chi connectivity index (χ0n) is 10.4. The lowest BCUT2D eigenvalue weighted by Gasteiger charge is -2.27. The fourth-order valence-corrected chi connectivity index (χ4v) is 1.92. The SMILES string of the molecule is CCCC(C)(NC(=O)CSCC#N)C(=O)OC. The van der Waals surface area contributed by atoms with E-state index in [2.05, 4.69) is 10.1 Å². The van der Waals surface area contributed by atoms with Gasteiger partial charge in [0.15, 0.2) is 0 Å². The summed E-state index contributed by atoms with van der Waals surface area (Å²) >= 11 is 1.21. The minimum absolute atomic E-state index is 0.170. The molecule has 1 atom stereocenters. The number of ether oxygens (including phenoxy) is 1. The summed E-state index contributed by atoms with van der Waals surface area (Å²) in [6, 6.07) is 1.94. The molecule has 0 aliphatic carbocycles. The molecular formula is C11H18N2O3S. The van der Waals surface area contributed by atoms with Gasteiger partial charge in [-0.05, 0) is 13.3 Å². The lowest BCUT2D eigenvalue weighted by molar-refractivity contribution is -0.150. The quantitative estimate of drug-likeness (QED) is 0.546. The van der Waals surface area contributed by atoms with Crippen LogP contribution in [-0.2, 0) is 14.3 Å². The molecule has 0 saturated carbocycles. The Morgan fingerprint density at radius 3 is 2.65 bits per heavy atom. The van der Waals surface area contributed by atoms with Crippen LogP contribution < -0.4 is 5.32 Å². The Morgan fingerprint density at radius 2 is 2.18 bits per heavy atom. The topological polar surface area (TPSA) is 79.2 Å². The van der Waals surface area contributed by atoms with Gasteiger partial charge in [0.25, 0.3) is 0 Å². The summed E-state index contributed by atoms with van der Waals surface area (Å²) in [6.07, 6.45) is 1.28. The number of carbonyl (C=O) groups excluding carboxylic acids is 2. The van der Waals surface area contributed by atoms with Crippen molar-refractivity contribution >= 4 is 23.6 Å². The number of methoxy groups -OCH3 is 1. The normalized spacial score (nSPS) is 13.3. The third-order valence-corrected chi connectivity index (χ3v) is 3.00. The third-order valence-electron chi connectivity index (χ3n) is 2.20. The Balaban J connectivity index is 4.39. The smallest absolute Gasteiger partial charge is 0.331 e. The molecule has 0 heterocycles. The van der Waals surface area contributed by atoms with Crippen LogP contribution in [0.3, 0.4) is 0 Å². The van der Waals surface area contributed by atoms with Gasteiger partial charge in [-0.1, -0.05) is 13.3 Å². The van der Waals surface area contributed by atoms with E-state index in [0.717, 1.165) is 6.42 Å². The molecule has 0 bridgehead atoms. The second-order valence-corrected chi connectivity index (χ2v) is 4.76.